The molecule has 1 fully saturated rings. The fourth-order valence-electron chi connectivity index (χ4n) is 2.59. The number of nitrogens with zero attached hydrogens (tertiary/aromatic N) is 4. The molecule has 3 aromatic heterocycles. The standard InChI is InChI=1S/C16H14N4O/c1-10-5-4-8-18-14(10)15-19-16(21-20-15)12-9-11(12)13-6-2-3-7-17-13/h2-8,11-12H,9H2,1H3. The second-order valence-electron chi connectivity index (χ2n) is 5.33. The van der Waals surface area contributed by atoms with Gasteiger partial charge in [0.15, 0.2) is 0 Å². The molecule has 3 aromatic rings. The topological polar surface area (TPSA) is 64.7 Å². The van der Waals surface area contributed by atoms with Crippen LogP contribution in [0.4, 0.5) is 0 Å². The minimum absolute atomic E-state index is 0.283. The Balaban J connectivity index is 1.58. The second kappa shape index (κ2) is 4.77. The van der Waals surface area contributed by atoms with Crippen LogP contribution in [-0.2, 0) is 0 Å². The molecule has 21 heavy (non-hydrogen) atoms. The average molecular weight is 278 g/mol. The molecular weight excluding hydrogens is 264 g/mol. The van der Waals surface area contributed by atoms with Crippen LogP contribution < -0.4 is 0 Å². The molecule has 1 aliphatic carbocycles. The minimum atomic E-state index is 0.283. The van der Waals surface area contributed by atoms with Gasteiger partial charge in [0.2, 0.25) is 11.7 Å². The first kappa shape index (κ1) is 12.2. The van der Waals surface area contributed by atoms with Gasteiger partial charge < -0.3 is 4.52 Å². The molecule has 0 saturated heterocycles. The van der Waals surface area contributed by atoms with Gasteiger partial charge in [0.05, 0.1) is 0 Å². The van der Waals surface area contributed by atoms with E-state index in [0.29, 0.717) is 17.6 Å². The summed E-state index contributed by atoms with van der Waals surface area (Å²) >= 11 is 0. The van der Waals surface area contributed by atoms with Gasteiger partial charge >= 0.3 is 0 Å². The third-order valence-electron chi connectivity index (χ3n) is 3.84. The van der Waals surface area contributed by atoms with Gasteiger partial charge in [-0.15, -0.1) is 0 Å². The fourth-order valence-corrected chi connectivity index (χ4v) is 2.59. The third kappa shape index (κ3) is 2.20. The molecule has 0 radical (unpaired) electrons. The summed E-state index contributed by atoms with van der Waals surface area (Å²) in [6.45, 7) is 1.99. The molecule has 0 spiro atoms. The first-order chi connectivity index (χ1) is 10.3. The summed E-state index contributed by atoms with van der Waals surface area (Å²) in [5.41, 5.74) is 2.92. The van der Waals surface area contributed by atoms with Crippen molar-refractivity contribution in [2.75, 3.05) is 0 Å². The third-order valence-corrected chi connectivity index (χ3v) is 3.84. The van der Waals surface area contributed by atoms with Crippen molar-refractivity contribution in [2.24, 2.45) is 0 Å². The number of hydrogen-bond donors (Lipinski definition) is 0. The van der Waals surface area contributed by atoms with E-state index in [1.165, 1.54) is 0 Å². The number of rotatable bonds is 3. The summed E-state index contributed by atoms with van der Waals surface area (Å²) in [4.78, 5) is 13.2. The summed E-state index contributed by atoms with van der Waals surface area (Å²) in [5.74, 6) is 1.93. The lowest BCUT2D eigenvalue weighted by molar-refractivity contribution is 0.378. The van der Waals surface area contributed by atoms with Crippen molar-refractivity contribution < 1.29 is 4.52 Å². The Morgan fingerprint density at radius 1 is 1.05 bits per heavy atom. The van der Waals surface area contributed by atoms with Gasteiger partial charge in [0, 0.05) is 29.9 Å². The highest BCUT2D eigenvalue weighted by Crippen LogP contribution is 2.53. The van der Waals surface area contributed by atoms with Gasteiger partial charge in [-0.3, -0.25) is 9.97 Å². The maximum Gasteiger partial charge on any atom is 0.230 e. The van der Waals surface area contributed by atoms with Crippen LogP contribution >= 0.6 is 0 Å². The van der Waals surface area contributed by atoms with Crippen LogP contribution in [0.3, 0.4) is 0 Å². The van der Waals surface area contributed by atoms with Gasteiger partial charge in [0.25, 0.3) is 0 Å². The zero-order valence-corrected chi connectivity index (χ0v) is 11.6. The lowest BCUT2D eigenvalue weighted by Crippen LogP contribution is -1.90. The quantitative estimate of drug-likeness (QED) is 0.736. The molecule has 2 unspecified atom stereocenters. The average Bonchev–Trinajstić information content (AvgIpc) is 3.18. The summed E-state index contributed by atoms with van der Waals surface area (Å²) < 4.78 is 5.42. The Morgan fingerprint density at radius 3 is 2.76 bits per heavy atom. The summed E-state index contributed by atoms with van der Waals surface area (Å²) in [7, 11) is 0. The smallest absolute Gasteiger partial charge is 0.230 e. The monoisotopic (exact) mass is 278 g/mol. The van der Waals surface area contributed by atoms with E-state index >= 15 is 0 Å². The van der Waals surface area contributed by atoms with Crippen molar-refractivity contribution in [3.63, 3.8) is 0 Å². The molecule has 2 atom stereocenters. The van der Waals surface area contributed by atoms with Crippen molar-refractivity contribution >= 4 is 0 Å². The SMILES string of the molecule is Cc1cccnc1-c1noc(C2CC2c2ccccn2)n1. The molecule has 0 amide bonds. The summed E-state index contributed by atoms with van der Waals surface area (Å²) in [6.07, 6.45) is 4.58. The van der Waals surface area contributed by atoms with E-state index < -0.39 is 0 Å². The van der Waals surface area contributed by atoms with Crippen molar-refractivity contribution in [1.82, 2.24) is 20.1 Å². The largest absolute Gasteiger partial charge is 0.339 e. The molecule has 104 valence electrons. The maximum absolute atomic E-state index is 5.42. The summed E-state index contributed by atoms with van der Waals surface area (Å²) in [6, 6.07) is 9.87. The molecule has 0 aliphatic heterocycles. The van der Waals surface area contributed by atoms with Crippen LogP contribution in [0.1, 0.15) is 35.4 Å². The molecule has 0 N–H and O–H groups in total. The summed E-state index contributed by atoms with van der Waals surface area (Å²) in [5, 5.41) is 4.07. The molecule has 0 bridgehead atoms. The Hall–Kier alpha value is -2.56. The second-order valence-corrected chi connectivity index (χ2v) is 5.33. The van der Waals surface area contributed by atoms with Crippen molar-refractivity contribution in [2.45, 2.75) is 25.2 Å². The van der Waals surface area contributed by atoms with Crippen molar-refractivity contribution in [1.29, 1.82) is 0 Å². The number of aromatic nitrogens is 4. The Bertz CT molecular complexity index is 769. The van der Waals surface area contributed by atoms with Gasteiger partial charge in [-0.1, -0.05) is 17.3 Å². The van der Waals surface area contributed by atoms with Gasteiger partial charge in [-0.05, 0) is 37.1 Å². The van der Waals surface area contributed by atoms with E-state index in [1.807, 2.05) is 43.5 Å². The molecule has 0 aromatic carbocycles. The molecular formula is C16H14N4O. The van der Waals surface area contributed by atoms with Crippen molar-refractivity contribution in [3.05, 3.63) is 59.9 Å². The molecule has 5 nitrogen and oxygen atoms in total. The van der Waals surface area contributed by atoms with Gasteiger partial charge in [-0.2, -0.15) is 4.98 Å². The van der Waals surface area contributed by atoms with Crippen LogP contribution in [0.15, 0.2) is 47.2 Å². The zero-order chi connectivity index (χ0) is 14.2. The number of pyridine rings is 2. The first-order valence-corrected chi connectivity index (χ1v) is 6.99. The predicted octanol–water partition coefficient (Wildman–Crippen LogP) is 3.11. The van der Waals surface area contributed by atoms with E-state index in [2.05, 4.69) is 20.1 Å². The zero-order valence-electron chi connectivity index (χ0n) is 11.6. The van der Waals surface area contributed by atoms with Crippen LogP contribution in [-0.4, -0.2) is 20.1 Å². The molecule has 5 heteroatoms. The highest BCUT2D eigenvalue weighted by atomic mass is 16.5. The van der Waals surface area contributed by atoms with Crippen LogP contribution in [0, 0.1) is 6.92 Å². The number of hydrogen-bond acceptors (Lipinski definition) is 5. The van der Waals surface area contributed by atoms with Crippen LogP contribution in [0.25, 0.3) is 11.5 Å². The lowest BCUT2D eigenvalue weighted by atomic mass is 10.2. The predicted molar refractivity (Wildman–Crippen MR) is 76.6 cm³/mol. The molecule has 3 heterocycles. The van der Waals surface area contributed by atoms with E-state index in [-0.39, 0.29) is 5.92 Å². The first-order valence-electron chi connectivity index (χ1n) is 6.99. The van der Waals surface area contributed by atoms with Crippen LogP contribution in [0.5, 0.6) is 0 Å². The minimum Gasteiger partial charge on any atom is -0.339 e. The molecule has 1 saturated carbocycles. The molecule has 1 aliphatic rings. The Morgan fingerprint density at radius 2 is 1.95 bits per heavy atom. The normalized spacial score (nSPS) is 20.4. The van der Waals surface area contributed by atoms with Gasteiger partial charge in [0.1, 0.15) is 5.69 Å². The van der Waals surface area contributed by atoms with Gasteiger partial charge in [-0.25, -0.2) is 0 Å². The fraction of sp³-hybridized carbons (Fsp3) is 0.250. The molecule has 4 rings (SSSR count). The maximum atomic E-state index is 5.42. The van der Waals surface area contributed by atoms with E-state index in [0.717, 1.165) is 23.4 Å². The highest BCUT2D eigenvalue weighted by molar-refractivity contribution is 5.53. The van der Waals surface area contributed by atoms with Crippen LogP contribution in [0.2, 0.25) is 0 Å². The Kier molecular flexibility index (Phi) is 2.77. The van der Waals surface area contributed by atoms with E-state index in [4.69, 9.17) is 4.52 Å². The lowest BCUT2D eigenvalue weighted by Gasteiger charge is -1.97. The van der Waals surface area contributed by atoms with E-state index in [9.17, 15) is 0 Å². The highest BCUT2D eigenvalue weighted by Gasteiger charge is 2.44. The van der Waals surface area contributed by atoms with E-state index in [1.54, 1.807) is 6.20 Å². The number of aryl methyl sites for hydroxylation is 1. The van der Waals surface area contributed by atoms with Crippen molar-refractivity contribution in [3.8, 4) is 11.5 Å². The Labute approximate surface area is 122 Å².